The van der Waals surface area contributed by atoms with Crippen LogP contribution in [-0.4, -0.2) is 49.1 Å². The summed E-state index contributed by atoms with van der Waals surface area (Å²) in [5, 5.41) is 9.56. The number of nitrogens with zero attached hydrogens (tertiary/aromatic N) is 1. The number of hydrogen-bond acceptors (Lipinski definition) is 4. The average molecular weight is 378 g/mol. The lowest BCUT2D eigenvalue weighted by Crippen LogP contribution is -2.38. The Labute approximate surface area is 155 Å². The summed E-state index contributed by atoms with van der Waals surface area (Å²) in [6, 6.07) is 6.12. The Morgan fingerprint density at radius 3 is 2.69 bits per heavy atom. The third kappa shape index (κ3) is 4.16. The fourth-order valence-electron chi connectivity index (χ4n) is 3.60. The van der Waals surface area contributed by atoms with E-state index in [1.54, 1.807) is 17.0 Å². The van der Waals surface area contributed by atoms with E-state index in [0.717, 1.165) is 6.42 Å². The number of carbonyl (C=O) groups is 1. The topological polar surface area (TPSA) is 86.7 Å². The molecule has 7 heteroatoms. The van der Waals surface area contributed by atoms with E-state index in [1.165, 1.54) is 12.1 Å². The van der Waals surface area contributed by atoms with Gasteiger partial charge in [0, 0.05) is 18.2 Å². The number of sulfonamides is 1. The van der Waals surface area contributed by atoms with Gasteiger partial charge in [-0.15, -0.1) is 0 Å². The molecule has 1 aromatic carbocycles. The van der Waals surface area contributed by atoms with Crippen LogP contribution in [0.4, 0.5) is 0 Å². The van der Waals surface area contributed by atoms with E-state index < -0.39 is 10.0 Å². The SMILES string of the molecule is CC[C@@H]1C=CCN1C(=O)c1cccc(S(=O)(=O)NC2CCC(O)CC2)c1. The van der Waals surface area contributed by atoms with E-state index in [4.69, 9.17) is 0 Å². The van der Waals surface area contributed by atoms with Crippen LogP contribution in [0.25, 0.3) is 0 Å². The maximum Gasteiger partial charge on any atom is 0.254 e. The van der Waals surface area contributed by atoms with Crippen LogP contribution in [0.3, 0.4) is 0 Å². The van der Waals surface area contributed by atoms with Crippen molar-refractivity contribution >= 4 is 15.9 Å². The Balaban J connectivity index is 1.75. The van der Waals surface area contributed by atoms with E-state index in [-0.39, 0.29) is 29.0 Å². The summed E-state index contributed by atoms with van der Waals surface area (Å²) in [4.78, 5) is 14.6. The van der Waals surface area contributed by atoms with Gasteiger partial charge >= 0.3 is 0 Å². The molecule has 1 aliphatic heterocycles. The molecule has 142 valence electrons. The van der Waals surface area contributed by atoms with Crippen LogP contribution in [0.2, 0.25) is 0 Å². The van der Waals surface area contributed by atoms with Crippen molar-refractivity contribution in [3.05, 3.63) is 42.0 Å². The maximum atomic E-state index is 12.8. The van der Waals surface area contributed by atoms with E-state index in [1.807, 2.05) is 19.1 Å². The van der Waals surface area contributed by atoms with Crippen molar-refractivity contribution in [1.82, 2.24) is 9.62 Å². The summed E-state index contributed by atoms with van der Waals surface area (Å²) in [6.07, 6.45) is 6.92. The zero-order valence-corrected chi connectivity index (χ0v) is 15.8. The fourth-order valence-corrected chi connectivity index (χ4v) is 4.95. The second kappa shape index (κ2) is 7.90. The van der Waals surface area contributed by atoms with Crippen LogP contribution < -0.4 is 4.72 Å². The summed E-state index contributed by atoms with van der Waals surface area (Å²) in [5.41, 5.74) is 0.383. The smallest absolute Gasteiger partial charge is 0.254 e. The number of amides is 1. The van der Waals surface area contributed by atoms with E-state index >= 15 is 0 Å². The van der Waals surface area contributed by atoms with Gasteiger partial charge in [-0.05, 0) is 50.3 Å². The molecule has 1 aromatic rings. The molecule has 0 aromatic heterocycles. The molecule has 1 heterocycles. The van der Waals surface area contributed by atoms with Crippen molar-refractivity contribution in [2.75, 3.05) is 6.54 Å². The van der Waals surface area contributed by atoms with Crippen LogP contribution >= 0.6 is 0 Å². The normalized spacial score (nSPS) is 26.2. The molecule has 1 saturated carbocycles. The predicted molar refractivity (Wildman–Crippen MR) is 99.3 cm³/mol. The third-order valence-corrected chi connectivity index (χ3v) is 6.67. The second-order valence-electron chi connectivity index (χ2n) is 7.02. The van der Waals surface area contributed by atoms with Gasteiger partial charge in [0.25, 0.3) is 5.91 Å². The molecule has 6 nitrogen and oxygen atoms in total. The maximum absolute atomic E-state index is 12.8. The molecule has 0 spiro atoms. The zero-order chi connectivity index (χ0) is 18.7. The van der Waals surface area contributed by atoms with Gasteiger partial charge in [0.1, 0.15) is 0 Å². The highest BCUT2D eigenvalue weighted by molar-refractivity contribution is 7.89. The third-order valence-electron chi connectivity index (χ3n) is 5.15. The molecule has 0 saturated heterocycles. The number of aliphatic hydroxyl groups is 1. The minimum Gasteiger partial charge on any atom is -0.393 e. The molecular formula is C19H26N2O4S. The first-order chi connectivity index (χ1) is 12.4. The van der Waals surface area contributed by atoms with Gasteiger partial charge in [0.2, 0.25) is 10.0 Å². The molecule has 1 aliphatic carbocycles. The van der Waals surface area contributed by atoms with Crippen molar-refractivity contribution in [1.29, 1.82) is 0 Å². The lowest BCUT2D eigenvalue weighted by Gasteiger charge is -2.26. The van der Waals surface area contributed by atoms with Gasteiger partial charge in [-0.1, -0.05) is 25.1 Å². The van der Waals surface area contributed by atoms with Gasteiger partial charge < -0.3 is 10.0 Å². The number of aliphatic hydroxyl groups excluding tert-OH is 1. The van der Waals surface area contributed by atoms with Crippen LogP contribution in [0, 0.1) is 0 Å². The number of carbonyl (C=O) groups excluding carboxylic acids is 1. The first kappa shape index (κ1) is 19.1. The summed E-state index contributed by atoms with van der Waals surface area (Å²) in [5.74, 6) is -0.153. The van der Waals surface area contributed by atoms with Crippen molar-refractivity contribution in [3.8, 4) is 0 Å². The highest BCUT2D eigenvalue weighted by atomic mass is 32.2. The van der Waals surface area contributed by atoms with Crippen molar-refractivity contribution in [2.45, 2.75) is 62.1 Å². The molecule has 1 atom stereocenters. The van der Waals surface area contributed by atoms with E-state index in [2.05, 4.69) is 4.72 Å². The van der Waals surface area contributed by atoms with Gasteiger partial charge in [-0.3, -0.25) is 4.79 Å². The van der Waals surface area contributed by atoms with Gasteiger partial charge in [0.05, 0.1) is 17.0 Å². The molecule has 1 amide bonds. The zero-order valence-electron chi connectivity index (χ0n) is 15.0. The van der Waals surface area contributed by atoms with Crippen molar-refractivity contribution < 1.29 is 18.3 Å². The number of nitrogens with one attached hydrogen (secondary N) is 1. The molecule has 0 bridgehead atoms. The Kier molecular flexibility index (Phi) is 5.79. The standard InChI is InChI=1S/C19H26N2O4S/c1-2-16-6-4-12-21(16)19(23)14-5-3-7-18(13-14)26(24,25)20-15-8-10-17(22)11-9-15/h3-7,13,15-17,20,22H,2,8-12H2,1H3/t15?,16-,17?/m1/s1. The lowest BCUT2D eigenvalue weighted by molar-refractivity contribution is 0.0747. The summed E-state index contributed by atoms with van der Waals surface area (Å²) < 4.78 is 28.1. The molecule has 2 aliphatic rings. The van der Waals surface area contributed by atoms with Crippen LogP contribution in [-0.2, 0) is 10.0 Å². The minimum absolute atomic E-state index is 0.0644. The number of rotatable bonds is 5. The molecule has 3 rings (SSSR count). The second-order valence-corrected chi connectivity index (χ2v) is 8.73. The summed E-state index contributed by atoms with van der Waals surface area (Å²) in [7, 11) is -3.69. The molecule has 26 heavy (non-hydrogen) atoms. The van der Waals surface area contributed by atoms with Crippen LogP contribution in [0.5, 0.6) is 0 Å². The molecule has 2 N–H and O–H groups in total. The van der Waals surface area contributed by atoms with Gasteiger partial charge in [-0.2, -0.15) is 0 Å². The molecule has 0 unspecified atom stereocenters. The highest BCUT2D eigenvalue weighted by Crippen LogP contribution is 2.22. The fraction of sp³-hybridized carbons (Fsp3) is 0.526. The Bertz CT molecular complexity index is 782. The first-order valence-electron chi connectivity index (χ1n) is 9.19. The lowest BCUT2D eigenvalue weighted by atomic mass is 9.94. The number of hydrogen-bond donors (Lipinski definition) is 2. The van der Waals surface area contributed by atoms with E-state index in [0.29, 0.717) is 37.8 Å². The van der Waals surface area contributed by atoms with Crippen LogP contribution in [0.1, 0.15) is 49.4 Å². The largest absolute Gasteiger partial charge is 0.393 e. The first-order valence-corrected chi connectivity index (χ1v) is 10.7. The van der Waals surface area contributed by atoms with Gasteiger partial charge in [0.15, 0.2) is 0 Å². The summed E-state index contributed by atoms with van der Waals surface area (Å²) >= 11 is 0. The quantitative estimate of drug-likeness (QED) is 0.768. The van der Waals surface area contributed by atoms with E-state index in [9.17, 15) is 18.3 Å². The summed E-state index contributed by atoms with van der Waals surface area (Å²) in [6.45, 7) is 2.57. The average Bonchev–Trinajstić information content (AvgIpc) is 3.12. The number of benzene rings is 1. The monoisotopic (exact) mass is 378 g/mol. The Morgan fingerprint density at radius 2 is 2.00 bits per heavy atom. The van der Waals surface area contributed by atoms with Crippen molar-refractivity contribution in [3.63, 3.8) is 0 Å². The van der Waals surface area contributed by atoms with Crippen LogP contribution in [0.15, 0.2) is 41.3 Å². The Hall–Kier alpha value is -1.70. The van der Waals surface area contributed by atoms with Gasteiger partial charge in [-0.25, -0.2) is 13.1 Å². The predicted octanol–water partition coefficient (Wildman–Crippen LogP) is 2.06. The van der Waals surface area contributed by atoms with Crippen molar-refractivity contribution in [2.24, 2.45) is 0 Å². The highest BCUT2D eigenvalue weighted by Gasteiger charge is 2.27. The molecule has 1 fully saturated rings. The minimum atomic E-state index is -3.69. The molecule has 0 radical (unpaired) electrons. The molecular weight excluding hydrogens is 352 g/mol. The Morgan fingerprint density at radius 1 is 1.27 bits per heavy atom.